The number of hydrogen-bond donors (Lipinski definition) is 2. The molecule has 1 aromatic heterocycles. The number of para-hydroxylation sites is 2. The van der Waals surface area contributed by atoms with Gasteiger partial charge in [0.15, 0.2) is 0 Å². The molecule has 2 aromatic rings. The van der Waals surface area contributed by atoms with Gasteiger partial charge in [-0.25, -0.2) is 4.98 Å². The van der Waals surface area contributed by atoms with Crippen molar-refractivity contribution in [1.29, 1.82) is 0 Å². The van der Waals surface area contributed by atoms with Gasteiger partial charge < -0.3 is 10.3 Å². The van der Waals surface area contributed by atoms with Crippen LogP contribution in [0.5, 0.6) is 0 Å². The van der Waals surface area contributed by atoms with E-state index in [1.807, 2.05) is 24.3 Å². The van der Waals surface area contributed by atoms with Gasteiger partial charge >= 0.3 is 0 Å². The first-order valence-electron chi connectivity index (χ1n) is 4.63. The average Bonchev–Trinajstić information content (AvgIpc) is 2.68. The molecule has 0 aliphatic rings. The predicted molar refractivity (Wildman–Crippen MR) is 58.1 cm³/mol. The van der Waals surface area contributed by atoms with Gasteiger partial charge in [0.1, 0.15) is 5.82 Å². The number of rotatable bonds is 3. The van der Waals surface area contributed by atoms with E-state index in [-0.39, 0.29) is 5.91 Å². The Bertz CT molecular complexity index is 468. The third-order valence-corrected chi connectivity index (χ3v) is 2.05. The van der Waals surface area contributed by atoms with Crippen LogP contribution in [0.25, 0.3) is 11.0 Å². The van der Waals surface area contributed by atoms with E-state index in [1.54, 1.807) is 0 Å². The van der Waals surface area contributed by atoms with Crippen molar-refractivity contribution in [2.45, 2.75) is 6.54 Å². The Morgan fingerprint density at radius 1 is 1.53 bits per heavy atom. The minimum absolute atomic E-state index is 0.199. The highest BCUT2D eigenvalue weighted by molar-refractivity contribution is 5.86. The summed E-state index contributed by atoms with van der Waals surface area (Å²) in [5.41, 5.74) is 1.88. The monoisotopic (exact) mass is 201 g/mol. The summed E-state index contributed by atoms with van der Waals surface area (Å²) in [7, 11) is 0. The number of H-pyrrole nitrogens is 1. The van der Waals surface area contributed by atoms with Gasteiger partial charge in [0, 0.05) is 0 Å². The summed E-state index contributed by atoms with van der Waals surface area (Å²) in [5.74, 6) is 0.543. The number of nitrogens with one attached hydrogen (secondary N) is 2. The fraction of sp³-hybridized carbons (Fsp3) is 0.0909. The lowest BCUT2D eigenvalue weighted by molar-refractivity contribution is -0.116. The molecule has 4 heteroatoms. The lowest BCUT2D eigenvalue weighted by Gasteiger charge is -1.96. The minimum Gasteiger partial charge on any atom is -0.345 e. The minimum atomic E-state index is -0.199. The highest BCUT2D eigenvalue weighted by atomic mass is 16.1. The second kappa shape index (κ2) is 3.96. The van der Waals surface area contributed by atoms with Crippen molar-refractivity contribution in [3.05, 3.63) is 42.7 Å². The summed E-state index contributed by atoms with van der Waals surface area (Å²) in [6.45, 7) is 3.76. The summed E-state index contributed by atoms with van der Waals surface area (Å²) in [4.78, 5) is 18.4. The topological polar surface area (TPSA) is 57.8 Å². The van der Waals surface area contributed by atoms with Crippen molar-refractivity contribution in [1.82, 2.24) is 15.3 Å². The van der Waals surface area contributed by atoms with Crippen molar-refractivity contribution in [3.8, 4) is 0 Å². The average molecular weight is 201 g/mol. The van der Waals surface area contributed by atoms with Gasteiger partial charge in [-0.15, -0.1) is 0 Å². The molecule has 76 valence electrons. The fourth-order valence-corrected chi connectivity index (χ4v) is 1.33. The summed E-state index contributed by atoms with van der Waals surface area (Å²) in [6.07, 6.45) is 1.24. The molecule has 0 bridgehead atoms. The van der Waals surface area contributed by atoms with Gasteiger partial charge in [-0.3, -0.25) is 4.79 Å². The molecule has 0 aliphatic carbocycles. The maximum absolute atomic E-state index is 10.9. The zero-order chi connectivity index (χ0) is 10.7. The number of carbonyl (C=O) groups excluding carboxylic acids is 1. The molecular formula is C11H11N3O. The Balaban J connectivity index is 2.15. The Hall–Kier alpha value is -2.10. The van der Waals surface area contributed by atoms with Crippen molar-refractivity contribution >= 4 is 16.9 Å². The molecular weight excluding hydrogens is 190 g/mol. The Morgan fingerprint density at radius 2 is 2.33 bits per heavy atom. The third kappa shape index (κ3) is 2.04. The Morgan fingerprint density at radius 3 is 3.07 bits per heavy atom. The molecule has 4 nitrogen and oxygen atoms in total. The number of aromatic amines is 1. The molecule has 0 unspecified atom stereocenters. The van der Waals surface area contributed by atoms with E-state index >= 15 is 0 Å². The molecule has 0 aliphatic heterocycles. The number of nitrogens with zero attached hydrogens (tertiary/aromatic N) is 1. The Kier molecular flexibility index (Phi) is 2.49. The van der Waals surface area contributed by atoms with Crippen molar-refractivity contribution < 1.29 is 4.79 Å². The van der Waals surface area contributed by atoms with Crippen LogP contribution in [0, 0.1) is 0 Å². The highest BCUT2D eigenvalue weighted by Gasteiger charge is 2.01. The van der Waals surface area contributed by atoms with Crippen LogP contribution in [0.3, 0.4) is 0 Å². The molecule has 2 rings (SSSR count). The number of hydrogen-bond acceptors (Lipinski definition) is 2. The third-order valence-electron chi connectivity index (χ3n) is 2.05. The summed E-state index contributed by atoms with van der Waals surface area (Å²) in [5, 5.41) is 2.66. The van der Waals surface area contributed by atoms with Crippen molar-refractivity contribution in [2.75, 3.05) is 0 Å². The first-order chi connectivity index (χ1) is 7.29. The van der Waals surface area contributed by atoms with Crippen molar-refractivity contribution in [2.24, 2.45) is 0 Å². The first kappa shape index (κ1) is 9.45. The second-order valence-electron chi connectivity index (χ2n) is 3.12. The zero-order valence-corrected chi connectivity index (χ0v) is 8.16. The van der Waals surface area contributed by atoms with E-state index in [1.165, 1.54) is 6.08 Å². The Labute approximate surface area is 87.0 Å². The summed E-state index contributed by atoms with van der Waals surface area (Å²) >= 11 is 0. The molecule has 1 heterocycles. The van der Waals surface area contributed by atoms with E-state index < -0.39 is 0 Å². The number of carbonyl (C=O) groups is 1. The van der Waals surface area contributed by atoms with Crippen LogP contribution >= 0.6 is 0 Å². The van der Waals surface area contributed by atoms with E-state index in [2.05, 4.69) is 21.9 Å². The number of fused-ring (bicyclic) bond motifs is 1. The fourth-order valence-electron chi connectivity index (χ4n) is 1.33. The largest absolute Gasteiger partial charge is 0.345 e. The number of imidazole rings is 1. The van der Waals surface area contributed by atoms with Crippen LogP contribution in [0.2, 0.25) is 0 Å². The van der Waals surface area contributed by atoms with E-state index in [9.17, 15) is 4.79 Å². The number of aromatic nitrogens is 2. The number of benzene rings is 1. The molecule has 1 aromatic carbocycles. The van der Waals surface area contributed by atoms with E-state index in [0.29, 0.717) is 6.54 Å². The molecule has 0 saturated carbocycles. The molecule has 15 heavy (non-hydrogen) atoms. The summed E-state index contributed by atoms with van der Waals surface area (Å²) < 4.78 is 0. The summed E-state index contributed by atoms with van der Waals surface area (Å²) in [6, 6.07) is 7.73. The van der Waals surface area contributed by atoms with Crippen LogP contribution in [0.15, 0.2) is 36.9 Å². The van der Waals surface area contributed by atoms with Gasteiger partial charge in [0.2, 0.25) is 5.91 Å². The van der Waals surface area contributed by atoms with Crippen molar-refractivity contribution in [3.63, 3.8) is 0 Å². The molecule has 0 saturated heterocycles. The lowest BCUT2D eigenvalue weighted by atomic mass is 10.3. The van der Waals surface area contributed by atoms with Crippen LogP contribution in [0.4, 0.5) is 0 Å². The predicted octanol–water partition coefficient (Wildman–Crippen LogP) is 1.37. The highest BCUT2D eigenvalue weighted by Crippen LogP contribution is 2.09. The zero-order valence-electron chi connectivity index (χ0n) is 8.16. The molecule has 0 spiro atoms. The molecule has 0 fully saturated rings. The maximum atomic E-state index is 10.9. The van der Waals surface area contributed by atoms with Gasteiger partial charge in [-0.2, -0.15) is 0 Å². The molecule has 1 amide bonds. The van der Waals surface area contributed by atoms with E-state index in [0.717, 1.165) is 16.9 Å². The van der Waals surface area contributed by atoms with Crippen LogP contribution < -0.4 is 5.32 Å². The second-order valence-corrected chi connectivity index (χ2v) is 3.12. The van der Waals surface area contributed by atoms with Crippen LogP contribution in [0.1, 0.15) is 5.82 Å². The molecule has 0 atom stereocenters. The van der Waals surface area contributed by atoms with Crippen LogP contribution in [-0.2, 0) is 11.3 Å². The van der Waals surface area contributed by atoms with Gasteiger partial charge in [-0.05, 0) is 18.2 Å². The van der Waals surface area contributed by atoms with Gasteiger partial charge in [-0.1, -0.05) is 18.7 Å². The van der Waals surface area contributed by atoms with Gasteiger partial charge in [0.05, 0.1) is 17.6 Å². The SMILES string of the molecule is C=CC(=O)NCc1nc2ccccc2[nH]1. The van der Waals surface area contributed by atoms with Gasteiger partial charge in [0.25, 0.3) is 0 Å². The number of amides is 1. The quantitative estimate of drug-likeness (QED) is 0.737. The normalized spacial score (nSPS) is 10.1. The smallest absolute Gasteiger partial charge is 0.243 e. The van der Waals surface area contributed by atoms with E-state index in [4.69, 9.17) is 0 Å². The van der Waals surface area contributed by atoms with Crippen LogP contribution in [-0.4, -0.2) is 15.9 Å². The standard InChI is InChI=1S/C11H11N3O/c1-2-11(15)12-7-10-13-8-5-3-4-6-9(8)14-10/h2-6H,1,7H2,(H,12,15)(H,13,14). The first-order valence-corrected chi connectivity index (χ1v) is 4.63. The maximum Gasteiger partial charge on any atom is 0.243 e. The lowest BCUT2D eigenvalue weighted by Crippen LogP contribution is -2.20. The molecule has 0 radical (unpaired) electrons. The molecule has 2 N–H and O–H groups in total.